The van der Waals surface area contributed by atoms with Crippen LogP contribution in [0.15, 0.2) is 136 Å². The maximum Gasteiger partial charge on any atom is 0.270 e. The molecule has 2 aromatic heterocycles. The van der Waals surface area contributed by atoms with E-state index in [1.807, 2.05) is 54.6 Å². The standard InChI is InChI=1S/C42H21BO5/c1-3-8-30-26(6-1)28-14-12-23(21-37(28)45-30)25-16-19-36-40-42(25)48-41-24(22-13-17-32-29(20-22)27-7-2-4-9-31(27)44-32)15-18-35-39(41)43(40)38-33(46-35)10-5-11-34(38)47-36/h1-21H. The summed E-state index contributed by atoms with van der Waals surface area (Å²) in [6.45, 7) is -0.115. The Kier molecular flexibility index (Phi) is 4.49. The molecule has 5 nitrogen and oxygen atoms in total. The molecule has 48 heavy (non-hydrogen) atoms. The van der Waals surface area contributed by atoms with Gasteiger partial charge in [-0.3, -0.25) is 0 Å². The highest BCUT2D eigenvalue weighted by atomic mass is 16.5. The Morgan fingerprint density at radius 2 is 0.896 bits per heavy atom. The fourth-order valence-corrected chi connectivity index (χ4v) is 8.11. The summed E-state index contributed by atoms with van der Waals surface area (Å²) >= 11 is 0. The Morgan fingerprint density at radius 1 is 0.354 bits per heavy atom. The zero-order valence-corrected chi connectivity index (χ0v) is 25.2. The number of furan rings is 2. The lowest BCUT2D eigenvalue weighted by atomic mass is 9.33. The summed E-state index contributed by atoms with van der Waals surface area (Å²) in [7, 11) is 0. The summed E-state index contributed by atoms with van der Waals surface area (Å²) in [6, 6.07) is 43.5. The second-order valence-electron chi connectivity index (χ2n) is 12.7. The summed E-state index contributed by atoms with van der Waals surface area (Å²) in [6.07, 6.45) is 0. The van der Waals surface area contributed by atoms with Gasteiger partial charge in [-0.25, -0.2) is 0 Å². The van der Waals surface area contributed by atoms with E-state index in [1.54, 1.807) is 0 Å². The third-order valence-corrected chi connectivity index (χ3v) is 10.2. The number of hydrogen-bond acceptors (Lipinski definition) is 5. The van der Waals surface area contributed by atoms with Crippen molar-refractivity contribution in [3.63, 3.8) is 0 Å². The van der Waals surface area contributed by atoms with Crippen LogP contribution in [0, 0.1) is 0 Å². The summed E-state index contributed by atoms with van der Waals surface area (Å²) < 4.78 is 32.7. The molecular formula is C42H21BO5. The summed E-state index contributed by atoms with van der Waals surface area (Å²) in [4.78, 5) is 0. The van der Waals surface area contributed by atoms with Gasteiger partial charge in [0.1, 0.15) is 56.8 Å². The molecule has 9 aromatic rings. The van der Waals surface area contributed by atoms with Crippen molar-refractivity contribution in [1.29, 1.82) is 0 Å². The van der Waals surface area contributed by atoms with Gasteiger partial charge >= 0.3 is 0 Å². The van der Waals surface area contributed by atoms with Crippen LogP contribution < -0.4 is 30.6 Å². The van der Waals surface area contributed by atoms with Crippen LogP contribution in [0.2, 0.25) is 0 Å². The van der Waals surface area contributed by atoms with Crippen molar-refractivity contribution >= 4 is 67.0 Å². The van der Waals surface area contributed by atoms with Crippen molar-refractivity contribution in [3.05, 3.63) is 127 Å². The van der Waals surface area contributed by atoms with E-state index in [0.717, 1.165) is 117 Å². The van der Waals surface area contributed by atoms with Crippen LogP contribution in [-0.4, -0.2) is 6.71 Å². The molecule has 0 aliphatic carbocycles. The van der Waals surface area contributed by atoms with Gasteiger partial charge in [-0.05, 0) is 83.9 Å². The maximum atomic E-state index is 7.16. The average Bonchev–Trinajstić information content (AvgIpc) is 3.69. The van der Waals surface area contributed by atoms with Crippen molar-refractivity contribution < 1.29 is 23.0 Å². The van der Waals surface area contributed by atoms with E-state index in [4.69, 9.17) is 23.0 Å². The van der Waals surface area contributed by atoms with Crippen molar-refractivity contribution in [2.75, 3.05) is 0 Å². The lowest BCUT2D eigenvalue weighted by Crippen LogP contribution is -2.59. The molecule has 3 aliphatic heterocycles. The van der Waals surface area contributed by atoms with Gasteiger partial charge in [0.2, 0.25) is 0 Å². The van der Waals surface area contributed by atoms with Gasteiger partial charge in [0.15, 0.2) is 0 Å². The number of benzene rings is 7. The number of rotatable bonds is 2. The van der Waals surface area contributed by atoms with Crippen LogP contribution in [0.3, 0.4) is 0 Å². The van der Waals surface area contributed by atoms with Crippen LogP contribution in [-0.2, 0) is 0 Å². The fourth-order valence-electron chi connectivity index (χ4n) is 8.11. The van der Waals surface area contributed by atoms with Crippen LogP contribution in [0.25, 0.3) is 66.1 Å². The third-order valence-electron chi connectivity index (χ3n) is 10.2. The first-order valence-corrected chi connectivity index (χ1v) is 16.1. The van der Waals surface area contributed by atoms with Gasteiger partial charge < -0.3 is 23.0 Å². The molecule has 5 heterocycles. The van der Waals surface area contributed by atoms with E-state index in [1.165, 1.54) is 0 Å². The predicted molar refractivity (Wildman–Crippen MR) is 190 cm³/mol. The Hall–Kier alpha value is -6.40. The van der Waals surface area contributed by atoms with Crippen molar-refractivity contribution in [2.24, 2.45) is 0 Å². The Bertz CT molecular complexity index is 2880. The largest absolute Gasteiger partial charge is 0.458 e. The second kappa shape index (κ2) is 8.69. The SMILES string of the molecule is c1cc2c3c(c1)Oc1ccc(-c4ccc5oc6ccccc6c5c4)c4c1B3c1c(ccc(-c3ccc5c(c3)oc3ccccc35)c1O4)O2. The molecule has 0 spiro atoms. The van der Waals surface area contributed by atoms with Crippen LogP contribution >= 0.6 is 0 Å². The van der Waals surface area contributed by atoms with Gasteiger partial charge in [0.05, 0.1) is 0 Å². The third kappa shape index (κ3) is 3.12. The first-order valence-electron chi connectivity index (χ1n) is 16.1. The first kappa shape index (κ1) is 24.8. The van der Waals surface area contributed by atoms with Crippen molar-refractivity contribution in [3.8, 4) is 56.8 Å². The zero-order chi connectivity index (χ0) is 31.1. The smallest absolute Gasteiger partial charge is 0.270 e. The number of ether oxygens (including phenoxy) is 3. The summed E-state index contributed by atoms with van der Waals surface area (Å²) in [5, 5.41) is 4.36. The highest BCUT2D eigenvalue weighted by Crippen LogP contribution is 2.48. The highest BCUT2D eigenvalue weighted by molar-refractivity contribution is 6.99. The van der Waals surface area contributed by atoms with E-state index in [9.17, 15) is 0 Å². The quantitative estimate of drug-likeness (QED) is 0.181. The molecule has 7 aromatic carbocycles. The molecule has 0 saturated carbocycles. The molecule has 6 heteroatoms. The van der Waals surface area contributed by atoms with Gasteiger partial charge in [-0.1, -0.05) is 54.6 Å². The van der Waals surface area contributed by atoms with Crippen molar-refractivity contribution in [2.45, 2.75) is 0 Å². The molecule has 0 saturated heterocycles. The Morgan fingerprint density at radius 3 is 1.60 bits per heavy atom. The number of para-hydroxylation sites is 2. The minimum Gasteiger partial charge on any atom is -0.458 e. The highest BCUT2D eigenvalue weighted by Gasteiger charge is 2.47. The molecule has 0 atom stereocenters. The monoisotopic (exact) mass is 616 g/mol. The lowest BCUT2D eigenvalue weighted by Gasteiger charge is -2.38. The molecule has 0 radical (unpaired) electrons. The summed E-state index contributed by atoms with van der Waals surface area (Å²) in [5.74, 6) is 4.79. The predicted octanol–water partition coefficient (Wildman–Crippen LogP) is 9.65. The van der Waals surface area contributed by atoms with E-state index < -0.39 is 0 Å². The maximum absolute atomic E-state index is 7.16. The molecule has 3 aliphatic rings. The van der Waals surface area contributed by atoms with Crippen LogP contribution in [0.4, 0.5) is 0 Å². The first-order chi connectivity index (χ1) is 23.8. The topological polar surface area (TPSA) is 54.0 Å². The molecule has 0 fully saturated rings. The van der Waals surface area contributed by atoms with Gasteiger partial charge in [0.25, 0.3) is 6.71 Å². The second-order valence-corrected chi connectivity index (χ2v) is 12.7. The number of hydrogen-bond donors (Lipinski definition) is 0. The lowest BCUT2D eigenvalue weighted by molar-refractivity contribution is 0.444. The minimum absolute atomic E-state index is 0.115. The number of fused-ring (bicyclic) bond motifs is 6. The van der Waals surface area contributed by atoms with Crippen LogP contribution in [0.1, 0.15) is 0 Å². The minimum atomic E-state index is -0.115. The molecule has 0 amide bonds. The Labute approximate surface area is 273 Å². The van der Waals surface area contributed by atoms with Gasteiger partial charge in [-0.2, -0.15) is 0 Å². The van der Waals surface area contributed by atoms with E-state index >= 15 is 0 Å². The van der Waals surface area contributed by atoms with Gasteiger partial charge in [-0.15, -0.1) is 0 Å². The Balaban J connectivity index is 1.12. The van der Waals surface area contributed by atoms with E-state index in [0.29, 0.717) is 0 Å². The van der Waals surface area contributed by atoms with Crippen molar-refractivity contribution in [1.82, 2.24) is 0 Å². The fraction of sp³-hybridized carbons (Fsp3) is 0. The van der Waals surface area contributed by atoms with Crippen LogP contribution in [0.5, 0.6) is 34.5 Å². The summed E-state index contributed by atoms with van der Waals surface area (Å²) in [5.41, 5.74) is 10.5. The average molecular weight is 616 g/mol. The van der Waals surface area contributed by atoms with E-state index in [-0.39, 0.29) is 6.71 Å². The normalized spacial score (nSPS) is 13.5. The zero-order valence-electron chi connectivity index (χ0n) is 25.2. The molecule has 222 valence electrons. The molecular weight excluding hydrogens is 595 g/mol. The molecule has 0 N–H and O–H groups in total. The molecule has 0 bridgehead atoms. The molecule has 12 rings (SSSR count). The van der Waals surface area contributed by atoms with Gasteiger partial charge in [0, 0.05) is 49.1 Å². The molecule has 0 unspecified atom stereocenters. The van der Waals surface area contributed by atoms with E-state index in [2.05, 4.69) is 72.8 Å².